The van der Waals surface area contributed by atoms with Gasteiger partial charge in [-0.2, -0.15) is 0 Å². The van der Waals surface area contributed by atoms with Crippen molar-refractivity contribution >= 4 is 5.84 Å². The second kappa shape index (κ2) is 6.55. The molecule has 100 valence electrons. The minimum atomic E-state index is 0.269. The summed E-state index contributed by atoms with van der Waals surface area (Å²) in [7, 11) is 0. The number of nitrogens with two attached hydrogens (primary N) is 1. The summed E-state index contributed by atoms with van der Waals surface area (Å²) < 4.78 is 0. The van der Waals surface area contributed by atoms with Crippen LogP contribution in [0.25, 0.3) is 0 Å². The van der Waals surface area contributed by atoms with Crippen LogP contribution in [0.2, 0.25) is 0 Å². The van der Waals surface area contributed by atoms with Gasteiger partial charge in [-0.15, -0.1) is 0 Å². The maximum Gasteiger partial charge on any atom is 0.0918 e. The number of nitrogens with one attached hydrogen (secondary N) is 1. The van der Waals surface area contributed by atoms with Crippen molar-refractivity contribution in [3.8, 4) is 0 Å². The summed E-state index contributed by atoms with van der Waals surface area (Å²) in [5.74, 6) is 0.269. The summed E-state index contributed by atoms with van der Waals surface area (Å²) >= 11 is 0. The third-order valence-corrected chi connectivity index (χ3v) is 3.37. The monoisotopic (exact) mass is 247 g/mol. The van der Waals surface area contributed by atoms with Crippen molar-refractivity contribution < 1.29 is 0 Å². The fourth-order valence-corrected chi connectivity index (χ4v) is 2.31. The SMILES string of the molecule is CCN(CCC(=N)N)Cc1c(C)cc(C)cc1C. The summed E-state index contributed by atoms with van der Waals surface area (Å²) in [5, 5.41) is 7.31. The van der Waals surface area contributed by atoms with Crippen molar-refractivity contribution in [1.29, 1.82) is 5.41 Å². The van der Waals surface area contributed by atoms with Crippen molar-refractivity contribution in [3.63, 3.8) is 0 Å². The smallest absolute Gasteiger partial charge is 0.0918 e. The molecule has 3 N–H and O–H groups in total. The van der Waals surface area contributed by atoms with Gasteiger partial charge in [0.1, 0.15) is 0 Å². The predicted molar refractivity (Wildman–Crippen MR) is 78.1 cm³/mol. The van der Waals surface area contributed by atoms with Gasteiger partial charge in [0.15, 0.2) is 0 Å². The van der Waals surface area contributed by atoms with Gasteiger partial charge in [0.2, 0.25) is 0 Å². The quantitative estimate of drug-likeness (QED) is 0.600. The van der Waals surface area contributed by atoms with Crippen molar-refractivity contribution in [1.82, 2.24) is 4.90 Å². The van der Waals surface area contributed by atoms with Gasteiger partial charge in [-0.3, -0.25) is 10.3 Å². The minimum Gasteiger partial charge on any atom is -0.388 e. The summed E-state index contributed by atoms with van der Waals surface area (Å²) in [4.78, 5) is 2.34. The summed E-state index contributed by atoms with van der Waals surface area (Å²) in [6.45, 7) is 11.4. The van der Waals surface area contributed by atoms with Gasteiger partial charge in [0, 0.05) is 19.5 Å². The highest BCUT2D eigenvalue weighted by atomic mass is 15.1. The Labute approximate surface area is 111 Å². The zero-order valence-electron chi connectivity index (χ0n) is 12.0. The lowest BCUT2D eigenvalue weighted by molar-refractivity contribution is 0.287. The first-order valence-corrected chi connectivity index (χ1v) is 6.56. The fourth-order valence-electron chi connectivity index (χ4n) is 2.31. The molecule has 0 aromatic heterocycles. The molecule has 3 heteroatoms. The van der Waals surface area contributed by atoms with Gasteiger partial charge in [-0.1, -0.05) is 24.6 Å². The Kier molecular flexibility index (Phi) is 5.35. The Morgan fingerprint density at radius 1 is 1.22 bits per heavy atom. The highest BCUT2D eigenvalue weighted by molar-refractivity contribution is 5.76. The molecule has 0 bridgehead atoms. The molecular weight excluding hydrogens is 222 g/mol. The van der Waals surface area contributed by atoms with Gasteiger partial charge in [-0.25, -0.2) is 0 Å². The molecule has 1 rings (SSSR count). The Hall–Kier alpha value is -1.35. The largest absolute Gasteiger partial charge is 0.388 e. The van der Waals surface area contributed by atoms with Gasteiger partial charge >= 0.3 is 0 Å². The molecule has 0 saturated heterocycles. The molecule has 1 aromatic carbocycles. The van der Waals surface area contributed by atoms with E-state index in [4.69, 9.17) is 11.1 Å². The lowest BCUT2D eigenvalue weighted by Gasteiger charge is -2.22. The molecule has 0 saturated carbocycles. The molecule has 0 aliphatic carbocycles. The maximum atomic E-state index is 7.31. The first kappa shape index (κ1) is 14.7. The van der Waals surface area contributed by atoms with E-state index in [-0.39, 0.29) is 5.84 Å². The molecule has 0 radical (unpaired) electrons. The molecule has 18 heavy (non-hydrogen) atoms. The van der Waals surface area contributed by atoms with E-state index in [2.05, 4.69) is 44.7 Å². The molecular formula is C15H25N3. The third-order valence-electron chi connectivity index (χ3n) is 3.37. The van der Waals surface area contributed by atoms with Gasteiger partial charge in [0.25, 0.3) is 0 Å². The molecule has 0 aliphatic heterocycles. The molecule has 0 fully saturated rings. The van der Waals surface area contributed by atoms with Crippen LogP contribution >= 0.6 is 0 Å². The molecule has 1 aromatic rings. The van der Waals surface area contributed by atoms with Crippen molar-refractivity contribution in [2.45, 2.75) is 40.7 Å². The molecule has 0 amide bonds. The van der Waals surface area contributed by atoms with Crippen LogP contribution in [0.5, 0.6) is 0 Å². The third kappa shape index (κ3) is 4.15. The Morgan fingerprint density at radius 3 is 2.22 bits per heavy atom. The van der Waals surface area contributed by atoms with Gasteiger partial charge < -0.3 is 5.73 Å². The predicted octanol–water partition coefficient (Wildman–Crippen LogP) is 2.76. The average molecular weight is 247 g/mol. The van der Waals surface area contributed by atoms with Crippen LogP contribution < -0.4 is 5.73 Å². The van der Waals surface area contributed by atoms with E-state index < -0.39 is 0 Å². The van der Waals surface area contributed by atoms with E-state index in [0.29, 0.717) is 6.42 Å². The Morgan fingerprint density at radius 2 is 1.78 bits per heavy atom. The Balaban J connectivity index is 2.78. The lowest BCUT2D eigenvalue weighted by Crippen LogP contribution is -2.28. The Bertz CT molecular complexity index is 401. The van der Waals surface area contributed by atoms with Gasteiger partial charge in [-0.05, 0) is 44.0 Å². The topological polar surface area (TPSA) is 53.1 Å². The van der Waals surface area contributed by atoms with E-state index in [0.717, 1.165) is 19.6 Å². The normalized spacial score (nSPS) is 10.9. The lowest BCUT2D eigenvalue weighted by atomic mass is 9.99. The molecule has 3 nitrogen and oxygen atoms in total. The molecule has 0 atom stereocenters. The van der Waals surface area contributed by atoms with E-state index in [1.54, 1.807) is 0 Å². The van der Waals surface area contributed by atoms with E-state index in [1.165, 1.54) is 22.3 Å². The summed E-state index contributed by atoms with van der Waals surface area (Å²) in [5.41, 5.74) is 10.9. The van der Waals surface area contributed by atoms with Crippen LogP contribution in [0.15, 0.2) is 12.1 Å². The number of hydrogen-bond donors (Lipinski definition) is 2. The van der Waals surface area contributed by atoms with Crippen LogP contribution in [0.4, 0.5) is 0 Å². The molecule has 0 spiro atoms. The minimum absolute atomic E-state index is 0.269. The maximum absolute atomic E-state index is 7.31. The summed E-state index contributed by atoms with van der Waals surface area (Å²) in [6, 6.07) is 4.47. The fraction of sp³-hybridized carbons (Fsp3) is 0.533. The van der Waals surface area contributed by atoms with Gasteiger partial charge in [0.05, 0.1) is 5.84 Å². The first-order valence-electron chi connectivity index (χ1n) is 6.56. The van der Waals surface area contributed by atoms with Crippen molar-refractivity contribution in [3.05, 3.63) is 34.4 Å². The standard InChI is InChI=1S/C15H25N3/c1-5-18(7-6-15(16)17)10-14-12(3)8-11(2)9-13(14)4/h8-9H,5-7,10H2,1-4H3,(H3,16,17). The van der Waals surface area contributed by atoms with Crippen LogP contribution in [0, 0.1) is 26.2 Å². The average Bonchev–Trinajstić information content (AvgIpc) is 2.26. The number of nitrogens with zero attached hydrogens (tertiary/aromatic N) is 1. The molecule has 0 aliphatic rings. The number of amidine groups is 1. The van der Waals surface area contributed by atoms with E-state index in [1.807, 2.05) is 0 Å². The first-order chi connectivity index (χ1) is 8.43. The zero-order valence-corrected chi connectivity index (χ0v) is 12.0. The van der Waals surface area contributed by atoms with Crippen molar-refractivity contribution in [2.75, 3.05) is 13.1 Å². The van der Waals surface area contributed by atoms with Crippen LogP contribution in [-0.4, -0.2) is 23.8 Å². The van der Waals surface area contributed by atoms with Crippen LogP contribution in [0.3, 0.4) is 0 Å². The van der Waals surface area contributed by atoms with Crippen LogP contribution in [-0.2, 0) is 6.54 Å². The van der Waals surface area contributed by atoms with Crippen molar-refractivity contribution in [2.24, 2.45) is 5.73 Å². The number of rotatable bonds is 6. The van der Waals surface area contributed by atoms with E-state index >= 15 is 0 Å². The van der Waals surface area contributed by atoms with Crippen LogP contribution in [0.1, 0.15) is 35.6 Å². The highest BCUT2D eigenvalue weighted by Crippen LogP contribution is 2.18. The summed E-state index contributed by atoms with van der Waals surface area (Å²) in [6.07, 6.45) is 0.651. The number of hydrogen-bond acceptors (Lipinski definition) is 2. The second-order valence-corrected chi connectivity index (χ2v) is 5.02. The van der Waals surface area contributed by atoms with E-state index in [9.17, 15) is 0 Å². The molecule has 0 unspecified atom stereocenters. The highest BCUT2D eigenvalue weighted by Gasteiger charge is 2.09. The molecule has 0 heterocycles. The zero-order chi connectivity index (χ0) is 13.7. The second-order valence-electron chi connectivity index (χ2n) is 5.02. The number of aryl methyl sites for hydroxylation is 3. The number of benzene rings is 1.